The first-order valence-corrected chi connectivity index (χ1v) is 7.69. The summed E-state index contributed by atoms with van der Waals surface area (Å²) in [5.41, 5.74) is 7.16. The zero-order chi connectivity index (χ0) is 13.7. The Balaban J connectivity index is 2.01. The van der Waals surface area contributed by atoms with E-state index < -0.39 is 0 Å². The molecule has 3 unspecified atom stereocenters. The van der Waals surface area contributed by atoms with Gasteiger partial charge >= 0.3 is 0 Å². The SMILES string of the molecule is CCC1CCCC(Oc2ccccc2CC(C)N)C1. The van der Waals surface area contributed by atoms with E-state index in [1.165, 1.54) is 37.7 Å². The molecule has 2 nitrogen and oxygen atoms in total. The summed E-state index contributed by atoms with van der Waals surface area (Å²) in [4.78, 5) is 0. The Morgan fingerprint density at radius 3 is 2.84 bits per heavy atom. The van der Waals surface area contributed by atoms with Gasteiger partial charge in [-0.3, -0.25) is 0 Å². The lowest BCUT2D eigenvalue weighted by atomic mass is 9.85. The van der Waals surface area contributed by atoms with Crippen LogP contribution in [0.15, 0.2) is 24.3 Å². The zero-order valence-corrected chi connectivity index (χ0v) is 12.3. The van der Waals surface area contributed by atoms with Crippen molar-refractivity contribution in [3.63, 3.8) is 0 Å². The summed E-state index contributed by atoms with van der Waals surface area (Å²) in [6.45, 7) is 4.33. The van der Waals surface area contributed by atoms with Crippen LogP contribution in [0.5, 0.6) is 5.75 Å². The molecule has 0 spiro atoms. The first-order chi connectivity index (χ1) is 9.19. The predicted molar refractivity (Wildman–Crippen MR) is 80.5 cm³/mol. The summed E-state index contributed by atoms with van der Waals surface area (Å²) in [5.74, 6) is 1.89. The van der Waals surface area contributed by atoms with E-state index in [9.17, 15) is 0 Å². The quantitative estimate of drug-likeness (QED) is 0.871. The molecule has 2 N–H and O–H groups in total. The van der Waals surface area contributed by atoms with Crippen LogP contribution in [0.2, 0.25) is 0 Å². The summed E-state index contributed by atoms with van der Waals surface area (Å²) < 4.78 is 6.26. The molecule has 2 rings (SSSR count). The Hall–Kier alpha value is -1.02. The van der Waals surface area contributed by atoms with Gasteiger partial charge in [-0.2, -0.15) is 0 Å². The predicted octanol–water partition coefficient (Wildman–Crippen LogP) is 3.92. The van der Waals surface area contributed by atoms with Crippen LogP contribution in [0.25, 0.3) is 0 Å². The van der Waals surface area contributed by atoms with Crippen molar-refractivity contribution < 1.29 is 4.74 Å². The highest BCUT2D eigenvalue weighted by atomic mass is 16.5. The molecule has 1 fully saturated rings. The Morgan fingerprint density at radius 2 is 2.11 bits per heavy atom. The maximum Gasteiger partial charge on any atom is 0.122 e. The van der Waals surface area contributed by atoms with Crippen molar-refractivity contribution in [3.05, 3.63) is 29.8 Å². The van der Waals surface area contributed by atoms with E-state index in [1.54, 1.807) is 0 Å². The number of para-hydroxylation sites is 1. The number of hydrogen-bond donors (Lipinski definition) is 1. The fourth-order valence-corrected chi connectivity index (χ4v) is 3.03. The van der Waals surface area contributed by atoms with Gasteiger partial charge in [0.15, 0.2) is 0 Å². The Bertz CT molecular complexity index is 389. The molecule has 19 heavy (non-hydrogen) atoms. The smallest absolute Gasteiger partial charge is 0.122 e. The molecule has 3 atom stereocenters. The Morgan fingerprint density at radius 1 is 1.32 bits per heavy atom. The molecule has 1 aromatic rings. The first kappa shape index (κ1) is 14.4. The van der Waals surface area contributed by atoms with Crippen LogP contribution in [0.1, 0.15) is 51.5 Å². The number of ether oxygens (including phenoxy) is 1. The van der Waals surface area contributed by atoms with Crippen molar-refractivity contribution in [2.45, 2.75) is 64.5 Å². The monoisotopic (exact) mass is 261 g/mol. The maximum absolute atomic E-state index is 6.26. The molecule has 2 heteroatoms. The van der Waals surface area contributed by atoms with Crippen LogP contribution in [0, 0.1) is 5.92 Å². The van der Waals surface area contributed by atoms with Gasteiger partial charge in [-0.15, -0.1) is 0 Å². The fraction of sp³-hybridized carbons (Fsp3) is 0.647. The lowest BCUT2D eigenvalue weighted by Crippen LogP contribution is -2.26. The lowest BCUT2D eigenvalue weighted by Gasteiger charge is -2.29. The summed E-state index contributed by atoms with van der Waals surface area (Å²) in [6, 6.07) is 8.53. The molecule has 0 aliphatic heterocycles. The van der Waals surface area contributed by atoms with Crippen molar-refractivity contribution in [1.82, 2.24) is 0 Å². The second-order valence-electron chi connectivity index (χ2n) is 5.97. The molecule has 0 bridgehead atoms. The standard InChI is InChI=1S/C17H27NO/c1-3-14-7-6-9-16(12-14)19-17-10-5-4-8-15(17)11-13(2)18/h4-5,8,10,13-14,16H,3,6-7,9,11-12,18H2,1-2H3. The molecule has 1 aliphatic carbocycles. The van der Waals surface area contributed by atoms with Crippen molar-refractivity contribution in [3.8, 4) is 5.75 Å². The van der Waals surface area contributed by atoms with Gasteiger partial charge in [0, 0.05) is 6.04 Å². The topological polar surface area (TPSA) is 35.2 Å². The van der Waals surface area contributed by atoms with Crippen molar-refractivity contribution in [2.75, 3.05) is 0 Å². The van der Waals surface area contributed by atoms with Crippen LogP contribution < -0.4 is 10.5 Å². The van der Waals surface area contributed by atoms with Crippen molar-refractivity contribution in [2.24, 2.45) is 11.7 Å². The highest BCUT2D eigenvalue weighted by molar-refractivity contribution is 5.34. The van der Waals surface area contributed by atoms with E-state index in [4.69, 9.17) is 10.5 Å². The van der Waals surface area contributed by atoms with Gasteiger partial charge in [0.25, 0.3) is 0 Å². The molecule has 1 aromatic carbocycles. The molecule has 1 aliphatic rings. The van der Waals surface area contributed by atoms with Crippen LogP contribution in [-0.4, -0.2) is 12.1 Å². The van der Waals surface area contributed by atoms with Gasteiger partial charge in [0.1, 0.15) is 5.75 Å². The summed E-state index contributed by atoms with van der Waals surface area (Å²) in [5, 5.41) is 0. The number of hydrogen-bond acceptors (Lipinski definition) is 2. The van der Waals surface area contributed by atoms with E-state index >= 15 is 0 Å². The van der Waals surface area contributed by atoms with Crippen molar-refractivity contribution >= 4 is 0 Å². The minimum atomic E-state index is 0.180. The van der Waals surface area contributed by atoms with Crippen LogP contribution in [0.4, 0.5) is 0 Å². The molecular weight excluding hydrogens is 234 g/mol. The van der Waals surface area contributed by atoms with Gasteiger partial charge < -0.3 is 10.5 Å². The minimum Gasteiger partial charge on any atom is -0.490 e. The minimum absolute atomic E-state index is 0.180. The van der Waals surface area contributed by atoms with Gasteiger partial charge in [-0.1, -0.05) is 38.0 Å². The Labute approximate surface area is 117 Å². The molecular formula is C17H27NO. The van der Waals surface area contributed by atoms with Crippen molar-refractivity contribution in [1.29, 1.82) is 0 Å². The lowest BCUT2D eigenvalue weighted by molar-refractivity contribution is 0.121. The third kappa shape index (κ3) is 4.24. The molecule has 0 saturated heterocycles. The third-order valence-corrected chi connectivity index (χ3v) is 4.12. The summed E-state index contributed by atoms with van der Waals surface area (Å²) in [7, 11) is 0. The maximum atomic E-state index is 6.26. The van der Waals surface area contributed by atoms with Gasteiger partial charge in [-0.05, 0) is 50.2 Å². The van der Waals surface area contributed by atoms with E-state index in [2.05, 4.69) is 31.2 Å². The van der Waals surface area contributed by atoms with E-state index in [-0.39, 0.29) is 6.04 Å². The number of rotatable bonds is 5. The molecule has 106 valence electrons. The summed E-state index contributed by atoms with van der Waals surface area (Å²) >= 11 is 0. The van der Waals surface area contributed by atoms with Gasteiger partial charge in [-0.25, -0.2) is 0 Å². The molecule has 0 heterocycles. The molecule has 1 saturated carbocycles. The third-order valence-electron chi connectivity index (χ3n) is 4.12. The van der Waals surface area contributed by atoms with Gasteiger partial charge in [0.2, 0.25) is 0 Å². The first-order valence-electron chi connectivity index (χ1n) is 7.69. The Kier molecular flexibility index (Phi) is 5.26. The number of nitrogens with two attached hydrogens (primary N) is 1. The highest BCUT2D eigenvalue weighted by Crippen LogP contribution is 2.31. The molecule has 0 aromatic heterocycles. The summed E-state index contributed by atoms with van der Waals surface area (Å²) in [6.07, 6.45) is 7.65. The van der Waals surface area contributed by atoms with E-state index in [1.807, 2.05) is 6.92 Å². The average Bonchev–Trinajstić information content (AvgIpc) is 2.41. The van der Waals surface area contributed by atoms with Crippen LogP contribution in [-0.2, 0) is 6.42 Å². The number of benzene rings is 1. The van der Waals surface area contributed by atoms with E-state index in [0.717, 1.165) is 18.1 Å². The largest absolute Gasteiger partial charge is 0.490 e. The second kappa shape index (κ2) is 6.95. The van der Waals surface area contributed by atoms with Crippen LogP contribution in [0.3, 0.4) is 0 Å². The van der Waals surface area contributed by atoms with E-state index in [0.29, 0.717) is 6.10 Å². The van der Waals surface area contributed by atoms with Crippen LogP contribution >= 0.6 is 0 Å². The normalized spacial score (nSPS) is 25.0. The molecule has 0 radical (unpaired) electrons. The second-order valence-corrected chi connectivity index (χ2v) is 5.97. The zero-order valence-electron chi connectivity index (χ0n) is 12.3. The molecule has 0 amide bonds. The fourth-order valence-electron chi connectivity index (χ4n) is 3.03. The van der Waals surface area contributed by atoms with Gasteiger partial charge in [0.05, 0.1) is 6.10 Å². The highest BCUT2D eigenvalue weighted by Gasteiger charge is 2.22. The average molecular weight is 261 g/mol.